The maximum absolute atomic E-state index is 13.0. The third kappa shape index (κ3) is 7.25. The number of amides is 1. The summed E-state index contributed by atoms with van der Waals surface area (Å²) in [6, 6.07) is 3.88. The fourth-order valence-electron chi connectivity index (χ4n) is 4.61. The molecule has 12 heteroatoms. The first-order valence-corrected chi connectivity index (χ1v) is 12.6. The Balaban J connectivity index is 0.00000195. The summed E-state index contributed by atoms with van der Waals surface area (Å²) in [5, 5.41) is 15.0. The fourth-order valence-corrected chi connectivity index (χ4v) is 4.61. The maximum atomic E-state index is 13.0. The molecule has 206 valence electrons. The van der Waals surface area contributed by atoms with Gasteiger partial charge in [-0.1, -0.05) is 0 Å². The van der Waals surface area contributed by atoms with Crippen molar-refractivity contribution in [1.29, 1.82) is 5.26 Å². The third-order valence-corrected chi connectivity index (χ3v) is 6.26. The minimum atomic E-state index is -0.593. The second kappa shape index (κ2) is 13.3. The van der Waals surface area contributed by atoms with E-state index in [0.717, 1.165) is 22.3 Å². The Hall–Kier alpha value is -3.59. The van der Waals surface area contributed by atoms with E-state index >= 15 is 0 Å². The van der Waals surface area contributed by atoms with Crippen LogP contribution in [-0.4, -0.2) is 92.3 Å². The largest absolute Gasteiger partial charge is 0.444 e. The SMILES string of the molecule is CC(C)(C)OC(=O)N1CCN(CC(CC#N)n2cc(-c3ncnc4[nH]ccc34)cn2)CC1CCCF.CF. The molecule has 3 aromatic rings. The lowest BCUT2D eigenvalue weighted by Crippen LogP contribution is -2.56. The molecule has 1 amide bonds. The van der Waals surface area contributed by atoms with E-state index in [4.69, 9.17) is 4.74 Å². The van der Waals surface area contributed by atoms with E-state index in [2.05, 4.69) is 31.0 Å². The van der Waals surface area contributed by atoms with Crippen molar-refractivity contribution in [3.05, 3.63) is 31.0 Å². The second-order valence-corrected chi connectivity index (χ2v) is 10.1. The number of fused-ring (bicyclic) bond motifs is 1. The summed E-state index contributed by atoms with van der Waals surface area (Å²) < 4.78 is 29.9. The molecule has 1 fully saturated rings. The van der Waals surface area contributed by atoms with Gasteiger partial charge in [-0.05, 0) is 39.7 Å². The number of rotatable bonds is 8. The molecule has 2 unspecified atom stereocenters. The Morgan fingerprint density at radius 1 is 1.32 bits per heavy atom. The predicted octanol–water partition coefficient (Wildman–Crippen LogP) is 4.53. The number of hydrogen-bond donors (Lipinski definition) is 1. The lowest BCUT2D eigenvalue weighted by atomic mass is 10.1. The molecule has 4 heterocycles. The maximum Gasteiger partial charge on any atom is 0.410 e. The highest BCUT2D eigenvalue weighted by molar-refractivity contribution is 5.89. The number of aromatic nitrogens is 5. The number of alkyl halides is 2. The molecular weight excluding hydrogens is 494 g/mol. The Labute approximate surface area is 221 Å². The standard InChI is InChI=1S/C25H33FN8O2.CH3F/c1-25(2,3)36-24(35)33-12-11-32(15-19(33)5-4-8-26)16-20(6-9-27)34-14-18(13-31-34)22-21-7-10-28-23(21)30-17-29-22;1-2/h7,10,13-14,17,19-20H,4-6,8,11-12,15-16H2,1-3H3,(H,28,29,30);1H3. The van der Waals surface area contributed by atoms with Gasteiger partial charge in [-0.25, -0.2) is 14.8 Å². The first-order valence-electron chi connectivity index (χ1n) is 12.6. The van der Waals surface area contributed by atoms with Gasteiger partial charge in [0, 0.05) is 55.6 Å². The molecule has 3 aromatic heterocycles. The summed E-state index contributed by atoms with van der Waals surface area (Å²) in [6.07, 6.45) is 7.86. The lowest BCUT2D eigenvalue weighted by molar-refractivity contribution is -0.00497. The number of piperazine rings is 1. The number of carbonyl (C=O) groups is 1. The van der Waals surface area contributed by atoms with Crippen molar-refractivity contribution < 1.29 is 18.3 Å². The van der Waals surface area contributed by atoms with Crippen LogP contribution < -0.4 is 0 Å². The van der Waals surface area contributed by atoms with Crippen LogP contribution in [0.25, 0.3) is 22.3 Å². The molecule has 1 saturated heterocycles. The number of hydrogen-bond acceptors (Lipinski definition) is 7. The molecule has 1 N–H and O–H groups in total. The predicted molar refractivity (Wildman–Crippen MR) is 140 cm³/mol. The van der Waals surface area contributed by atoms with Crippen LogP contribution in [0.2, 0.25) is 0 Å². The molecule has 0 radical (unpaired) electrons. The van der Waals surface area contributed by atoms with Gasteiger partial charge in [0.05, 0.1) is 44.3 Å². The van der Waals surface area contributed by atoms with Crippen LogP contribution in [0, 0.1) is 11.3 Å². The van der Waals surface area contributed by atoms with E-state index < -0.39 is 12.3 Å². The third-order valence-electron chi connectivity index (χ3n) is 6.26. The van der Waals surface area contributed by atoms with Crippen LogP contribution in [-0.2, 0) is 4.74 Å². The average Bonchev–Trinajstić information content (AvgIpc) is 3.57. The minimum Gasteiger partial charge on any atom is -0.444 e. The van der Waals surface area contributed by atoms with Crippen LogP contribution in [0.4, 0.5) is 13.6 Å². The lowest BCUT2D eigenvalue weighted by Gasteiger charge is -2.42. The summed E-state index contributed by atoms with van der Waals surface area (Å²) in [5.74, 6) is 0. The molecule has 0 aromatic carbocycles. The van der Waals surface area contributed by atoms with Crippen LogP contribution in [0.5, 0.6) is 0 Å². The van der Waals surface area contributed by atoms with Gasteiger partial charge in [0.25, 0.3) is 0 Å². The number of nitrogens with zero attached hydrogens (tertiary/aromatic N) is 7. The number of ether oxygens (including phenoxy) is 1. The first kappa shape index (κ1) is 29.0. The van der Waals surface area contributed by atoms with Crippen LogP contribution in [0.15, 0.2) is 31.0 Å². The van der Waals surface area contributed by atoms with Gasteiger partial charge < -0.3 is 14.6 Å². The zero-order valence-electron chi connectivity index (χ0n) is 22.4. The van der Waals surface area contributed by atoms with E-state index in [-0.39, 0.29) is 24.6 Å². The number of H-pyrrole nitrogens is 1. The first-order chi connectivity index (χ1) is 18.3. The van der Waals surface area contributed by atoms with E-state index in [1.165, 1.54) is 6.33 Å². The number of carbonyl (C=O) groups excluding carboxylic acids is 1. The second-order valence-electron chi connectivity index (χ2n) is 10.1. The molecule has 2 atom stereocenters. The van der Waals surface area contributed by atoms with Crippen molar-refractivity contribution in [3.8, 4) is 17.3 Å². The van der Waals surface area contributed by atoms with E-state index in [1.54, 1.807) is 11.1 Å². The van der Waals surface area contributed by atoms with Crippen molar-refractivity contribution in [1.82, 2.24) is 34.5 Å². The number of nitriles is 1. The molecule has 38 heavy (non-hydrogen) atoms. The van der Waals surface area contributed by atoms with Gasteiger partial charge in [-0.15, -0.1) is 0 Å². The van der Waals surface area contributed by atoms with Crippen LogP contribution in [0.1, 0.15) is 46.1 Å². The summed E-state index contributed by atoms with van der Waals surface area (Å²) >= 11 is 0. The average molecular weight is 531 g/mol. The smallest absolute Gasteiger partial charge is 0.410 e. The minimum absolute atomic E-state index is 0.150. The van der Waals surface area contributed by atoms with E-state index in [0.29, 0.717) is 46.2 Å². The van der Waals surface area contributed by atoms with Gasteiger partial charge in [0.15, 0.2) is 0 Å². The summed E-state index contributed by atoms with van der Waals surface area (Å²) in [7, 11) is 0.500. The van der Waals surface area contributed by atoms with Crippen molar-refractivity contribution >= 4 is 17.1 Å². The Bertz CT molecular complexity index is 1220. The van der Waals surface area contributed by atoms with Crippen LogP contribution in [0.3, 0.4) is 0 Å². The molecule has 0 aliphatic carbocycles. The molecule has 4 rings (SSSR count). The molecule has 0 bridgehead atoms. The van der Waals surface area contributed by atoms with Crippen molar-refractivity contribution in [2.24, 2.45) is 0 Å². The van der Waals surface area contributed by atoms with Gasteiger partial charge in [-0.3, -0.25) is 18.4 Å². The quantitative estimate of drug-likeness (QED) is 0.455. The van der Waals surface area contributed by atoms with Crippen molar-refractivity contribution in [3.63, 3.8) is 0 Å². The Morgan fingerprint density at radius 3 is 2.82 bits per heavy atom. The number of aromatic amines is 1. The molecule has 1 aliphatic heterocycles. The number of nitrogens with one attached hydrogen (secondary N) is 1. The topological polar surface area (TPSA) is 116 Å². The van der Waals surface area contributed by atoms with Gasteiger partial charge >= 0.3 is 6.09 Å². The van der Waals surface area contributed by atoms with Crippen molar-refractivity contribution in [2.75, 3.05) is 40.0 Å². The molecule has 0 saturated carbocycles. The summed E-state index contributed by atoms with van der Waals surface area (Å²) in [5.41, 5.74) is 1.79. The van der Waals surface area contributed by atoms with Gasteiger partial charge in [-0.2, -0.15) is 10.4 Å². The van der Waals surface area contributed by atoms with Crippen molar-refractivity contribution in [2.45, 2.75) is 57.7 Å². The fraction of sp³-hybridized carbons (Fsp3) is 0.577. The van der Waals surface area contributed by atoms with Gasteiger partial charge in [0.1, 0.15) is 17.6 Å². The van der Waals surface area contributed by atoms with Crippen LogP contribution >= 0.6 is 0 Å². The molecule has 10 nitrogen and oxygen atoms in total. The molecule has 1 aliphatic rings. The van der Waals surface area contributed by atoms with E-state index in [9.17, 15) is 18.8 Å². The number of halogens is 2. The normalized spacial score (nSPS) is 17.0. The Morgan fingerprint density at radius 2 is 2.11 bits per heavy atom. The van der Waals surface area contributed by atoms with E-state index in [1.807, 2.05) is 43.9 Å². The highest BCUT2D eigenvalue weighted by Crippen LogP contribution is 2.26. The zero-order chi connectivity index (χ0) is 27.7. The van der Waals surface area contributed by atoms with Gasteiger partial charge in [0.2, 0.25) is 0 Å². The highest BCUT2D eigenvalue weighted by atomic mass is 19.1. The monoisotopic (exact) mass is 530 g/mol. The highest BCUT2D eigenvalue weighted by Gasteiger charge is 2.34. The summed E-state index contributed by atoms with van der Waals surface area (Å²) in [6.45, 7) is 7.39. The molecular formula is C26H36F2N8O2. The zero-order valence-corrected chi connectivity index (χ0v) is 22.4. The Kier molecular flexibility index (Phi) is 10.1. The molecule has 0 spiro atoms. The summed E-state index contributed by atoms with van der Waals surface area (Å²) in [4.78, 5) is 28.5.